The number of hydrogen-bond donors (Lipinski definition) is 1. The summed E-state index contributed by atoms with van der Waals surface area (Å²) in [5, 5.41) is 10.2. The Balaban J connectivity index is 1.85. The minimum absolute atomic E-state index is 0.328. The summed E-state index contributed by atoms with van der Waals surface area (Å²) in [7, 11) is 0. The van der Waals surface area contributed by atoms with Crippen molar-refractivity contribution in [1.82, 2.24) is 0 Å². The summed E-state index contributed by atoms with van der Waals surface area (Å²) in [6.45, 7) is 1.86. The molecular weight excluding hydrogens is 243 g/mol. The van der Waals surface area contributed by atoms with Gasteiger partial charge in [-0.15, -0.1) is 0 Å². The van der Waals surface area contributed by atoms with Gasteiger partial charge in [0.15, 0.2) is 0 Å². The minimum Gasteiger partial charge on any atom is -0.487 e. The predicted molar refractivity (Wildman–Crippen MR) is 70.7 cm³/mol. The first-order valence-electron chi connectivity index (χ1n) is 6.34. The second-order valence-electron chi connectivity index (χ2n) is 4.91. The molecule has 3 heteroatoms. The highest BCUT2D eigenvalue weighted by molar-refractivity contribution is 5.37. The lowest BCUT2D eigenvalue weighted by Crippen LogP contribution is -2.22. The van der Waals surface area contributed by atoms with Crippen molar-refractivity contribution < 1.29 is 14.2 Å². The van der Waals surface area contributed by atoms with Gasteiger partial charge in [-0.05, 0) is 29.7 Å². The average molecular weight is 258 g/mol. The van der Waals surface area contributed by atoms with Gasteiger partial charge in [-0.3, -0.25) is 0 Å². The van der Waals surface area contributed by atoms with Crippen molar-refractivity contribution in [2.24, 2.45) is 0 Å². The second-order valence-corrected chi connectivity index (χ2v) is 4.91. The largest absolute Gasteiger partial charge is 0.487 e. The molecule has 0 aliphatic heterocycles. The third-order valence-electron chi connectivity index (χ3n) is 3.58. The van der Waals surface area contributed by atoms with Crippen molar-refractivity contribution in [2.45, 2.75) is 25.6 Å². The number of halogens is 1. The van der Waals surface area contributed by atoms with Crippen LogP contribution in [0.4, 0.5) is 4.39 Å². The van der Waals surface area contributed by atoms with E-state index in [9.17, 15) is 9.50 Å². The van der Waals surface area contributed by atoms with Crippen LogP contribution in [0.5, 0.6) is 5.75 Å². The topological polar surface area (TPSA) is 29.5 Å². The van der Waals surface area contributed by atoms with Crippen LogP contribution >= 0.6 is 0 Å². The van der Waals surface area contributed by atoms with Gasteiger partial charge in [0.25, 0.3) is 0 Å². The zero-order valence-corrected chi connectivity index (χ0v) is 10.6. The highest BCUT2D eigenvalue weighted by Crippen LogP contribution is 2.34. The maximum absolute atomic E-state index is 13.2. The molecule has 2 unspecified atom stereocenters. The lowest BCUT2D eigenvalue weighted by Gasteiger charge is -2.19. The number of rotatable bonds is 2. The second kappa shape index (κ2) is 4.67. The standard InChI is InChI=1S/C16H15FO2/c1-10-6-7-12(17)9-14(10)19-15-8-11-4-2-3-5-13(11)16(15)18/h2-7,9,15-16,18H,8H2,1H3. The SMILES string of the molecule is Cc1ccc(F)cc1OC1Cc2ccccc2C1O. The highest BCUT2D eigenvalue weighted by atomic mass is 19.1. The first-order valence-corrected chi connectivity index (χ1v) is 6.34. The fraction of sp³-hybridized carbons (Fsp3) is 0.250. The van der Waals surface area contributed by atoms with Crippen molar-refractivity contribution in [3.05, 3.63) is 65.0 Å². The van der Waals surface area contributed by atoms with Crippen LogP contribution in [0.15, 0.2) is 42.5 Å². The molecule has 0 heterocycles. The molecule has 0 fully saturated rings. The fourth-order valence-corrected chi connectivity index (χ4v) is 2.51. The van der Waals surface area contributed by atoms with E-state index in [1.54, 1.807) is 6.07 Å². The molecule has 3 rings (SSSR count). The van der Waals surface area contributed by atoms with E-state index < -0.39 is 6.10 Å². The Morgan fingerprint density at radius 1 is 1.21 bits per heavy atom. The number of ether oxygens (including phenoxy) is 1. The van der Waals surface area contributed by atoms with E-state index in [4.69, 9.17) is 4.74 Å². The maximum Gasteiger partial charge on any atom is 0.133 e. The van der Waals surface area contributed by atoms with Gasteiger partial charge in [0.2, 0.25) is 0 Å². The minimum atomic E-state index is -0.654. The molecule has 1 aliphatic rings. The number of aryl methyl sites for hydroxylation is 1. The van der Waals surface area contributed by atoms with Gasteiger partial charge in [0.05, 0.1) is 0 Å². The predicted octanol–water partition coefficient (Wildman–Crippen LogP) is 3.17. The monoisotopic (exact) mass is 258 g/mol. The van der Waals surface area contributed by atoms with Crippen LogP contribution in [0.2, 0.25) is 0 Å². The van der Waals surface area contributed by atoms with Crippen LogP contribution in [0.3, 0.4) is 0 Å². The van der Waals surface area contributed by atoms with Crippen LogP contribution < -0.4 is 4.74 Å². The summed E-state index contributed by atoms with van der Waals surface area (Å²) in [5.41, 5.74) is 2.86. The van der Waals surface area contributed by atoms with E-state index in [-0.39, 0.29) is 11.9 Å². The summed E-state index contributed by atoms with van der Waals surface area (Å²) >= 11 is 0. The Morgan fingerprint density at radius 3 is 2.79 bits per heavy atom. The van der Waals surface area contributed by atoms with E-state index >= 15 is 0 Å². The zero-order valence-electron chi connectivity index (χ0n) is 10.6. The van der Waals surface area contributed by atoms with E-state index in [0.717, 1.165) is 16.7 Å². The van der Waals surface area contributed by atoms with E-state index in [0.29, 0.717) is 12.2 Å². The van der Waals surface area contributed by atoms with Crippen molar-refractivity contribution in [3.8, 4) is 5.75 Å². The van der Waals surface area contributed by atoms with E-state index in [2.05, 4.69) is 0 Å². The van der Waals surface area contributed by atoms with Gasteiger partial charge >= 0.3 is 0 Å². The van der Waals surface area contributed by atoms with E-state index in [1.807, 2.05) is 31.2 Å². The van der Waals surface area contributed by atoms with Crippen molar-refractivity contribution in [1.29, 1.82) is 0 Å². The molecule has 98 valence electrons. The molecule has 0 saturated heterocycles. The third kappa shape index (κ3) is 2.22. The van der Waals surface area contributed by atoms with Crippen LogP contribution in [0, 0.1) is 12.7 Å². The Hall–Kier alpha value is -1.87. The molecule has 2 aromatic carbocycles. The molecule has 0 bridgehead atoms. The Kier molecular flexibility index (Phi) is 2.99. The number of benzene rings is 2. The van der Waals surface area contributed by atoms with Crippen molar-refractivity contribution in [2.75, 3.05) is 0 Å². The summed E-state index contributed by atoms with van der Waals surface area (Å²) < 4.78 is 19.0. The molecule has 1 aliphatic carbocycles. The van der Waals surface area contributed by atoms with Crippen molar-refractivity contribution >= 4 is 0 Å². The maximum atomic E-state index is 13.2. The molecule has 0 saturated carbocycles. The van der Waals surface area contributed by atoms with Gasteiger partial charge in [-0.1, -0.05) is 30.3 Å². The number of hydrogen-bond acceptors (Lipinski definition) is 2. The normalized spacial score (nSPS) is 21.2. The van der Waals surface area contributed by atoms with Crippen molar-refractivity contribution in [3.63, 3.8) is 0 Å². The zero-order chi connectivity index (χ0) is 13.4. The van der Waals surface area contributed by atoms with Crippen LogP contribution in [0.1, 0.15) is 22.8 Å². The lowest BCUT2D eigenvalue weighted by molar-refractivity contribution is 0.0487. The molecule has 2 aromatic rings. The highest BCUT2D eigenvalue weighted by Gasteiger charge is 2.32. The van der Waals surface area contributed by atoms with Gasteiger partial charge in [-0.2, -0.15) is 0 Å². The number of aliphatic hydroxyl groups is 1. The smallest absolute Gasteiger partial charge is 0.133 e. The summed E-state index contributed by atoms with van der Waals surface area (Å²) in [6.07, 6.45) is -0.357. The molecular formula is C16H15FO2. The van der Waals surface area contributed by atoms with Crippen LogP contribution in [-0.2, 0) is 6.42 Å². The van der Waals surface area contributed by atoms with Gasteiger partial charge in [0.1, 0.15) is 23.8 Å². The fourth-order valence-electron chi connectivity index (χ4n) is 2.51. The van der Waals surface area contributed by atoms with E-state index in [1.165, 1.54) is 12.1 Å². The summed E-state index contributed by atoms with van der Waals surface area (Å²) in [5.74, 6) is 0.169. The first-order chi connectivity index (χ1) is 9.15. The molecule has 0 spiro atoms. The number of aliphatic hydroxyl groups excluding tert-OH is 1. The molecule has 19 heavy (non-hydrogen) atoms. The van der Waals surface area contributed by atoms with Crippen LogP contribution in [-0.4, -0.2) is 11.2 Å². The quantitative estimate of drug-likeness (QED) is 0.896. The molecule has 2 nitrogen and oxygen atoms in total. The molecule has 1 N–H and O–H groups in total. The Bertz CT molecular complexity index is 609. The summed E-state index contributed by atoms with van der Waals surface area (Å²) in [4.78, 5) is 0. The molecule has 0 radical (unpaired) electrons. The number of fused-ring (bicyclic) bond motifs is 1. The Morgan fingerprint density at radius 2 is 2.00 bits per heavy atom. The first kappa shape index (κ1) is 12.2. The molecule has 2 atom stereocenters. The molecule has 0 aromatic heterocycles. The van der Waals surface area contributed by atoms with Crippen LogP contribution in [0.25, 0.3) is 0 Å². The summed E-state index contributed by atoms with van der Waals surface area (Å²) in [6, 6.07) is 12.2. The Labute approximate surface area is 111 Å². The van der Waals surface area contributed by atoms with Gasteiger partial charge < -0.3 is 9.84 Å². The molecule has 0 amide bonds. The lowest BCUT2D eigenvalue weighted by atomic mass is 10.1. The van der Waals surface area contributed by atoms with Gasteiger partial charge in [-0.25, -0.2) is 4.39 Å². The van der Waals surface area contributed by atoms with Gasteiger partial charge in [0, 0.05) is 12.5 Å². The third-order valence-corrected chi connectivity index (χ3v) is 3.58. The average Bonchev–Trinajstić information content (AvgIpc) is 2.72.